The van der Waals surface area contributed by atoms with Crippen molar-refractivity contribution in [3.63, 3.8) is 0 Å². The molecule has 7 nitrogen and oxygen atoms in total. The van der Waals surface area contributed by atoms with Gasteiger partial charge in [0.25, 0.3) is 5.91 Å². The minimum absolute atomic E-state index is 0.0419. The molecule has 2 atom stereocenters. The van der Waals surface area contributed by atoms with Crippen LogP contribution in [0.1, 0.15) is 16.8 Å². The Morgan fingerprint density at radius 1 is 1.29 bits per heavy atom. The lowest BCUT2D eigenvalue weighted by Gasteiger charge is -2.36. The number of hydrogen-bond donors (Lipinski definition) is 1. The molecule has 2 aromatic heterocycles. The standard InChI is InChI=1S/C21H22N4O3/c26-12-21-11-24(10-16(21)6-7-28-13-21)20(27)15-8-18-19(22-9-15)25(14-23-18)17-4-2-1-3-5-17/h1-5,8-9,14,16,26H,6-7,10-13H2/t16-,21+/m0/s1. The van der Waals surface area contributed by atoms with E-state index in [0.717, 1.165) is 17.8 Å². The highest BCUT2D eigenvalue weighted by Gasteiger charge is 2.49. The van der Waals surface area contributed by atoms with Crippen molar-refractivity contribution < 1.29 is 14.6 Å². The highest BCUT2D eigenvalue weighted by atomic mass is 16.5. The van der Waals surface area contributed by atoms with Crippen LogP contribution in [0.4, 0.5) is 0 Å². The average Bonchev–Trinajstić information content (AvgIpc) is 3.35. The number of ether oxygens (including phenoxy) is 1. The number of para-hydroxylation sites is 1. The van der Waals surface area contributed by atoms with Crippen molar-refractivity contribution in [2.24, 2.45) is 11.3 Å². The molecule has 5 rings (SSSR count). The van der Waals surface area contributed by atoms with Crippen molar-refractivity contribution >= 4 is 17.1 Å². The Bertz CT molecular complexity index is 1020. The summed E-state index contributed by atoms with van der Waals surface area (Å²) in [5.74, 6) is 0.218. The summed E-state index contributed by atoms with van der Waals surface area (Å²) in [6.45, 7) is 2.42. The van der Waals surface area contributed by atoms with E-state index in [2.05, 4.69) is 9.97 Å². The van der Waals surface area contributed by atoms with E-state index in [-0.39, 0.29) is 23.8 Å². The van der Waals surface area contributed by atoms with Crippen molar-refractivity contribution in [2.45, 2.75) is 6.42 Å². The van der Waals surface area contributed by atoms with Gasteiger partial charge in [-0.1, -0.05) is 18.2 Å². The fraction of sp³-hybridized carbons (Fsp3) is 0.381. The predicted molar refractivity (Wildman–Crippen MR) is 103 cm³/mol. The van der Waals surface area contributed by atoms with E-state index in [9.17, 15) is 9.90 Å². The summed E-state index contributed by atoms with van der Waals surface area (Å²) in [5.41, 5.74) is 2.58. The maximum absolute atomic E-state index is 13.1. The monoisotopic (exact) mass is 378 g/mol. The number of aliphatic hydroxyl groups is 1. The molecule has 4 heterocycles. The summed E-state index contributed by atoms with van der Waals surface area (Å²) in [6.07, 6.45) is 4.22. The van der Waals surface area contributed by atoms with E-state index in [1.807, 2.05) is 39.8 Å². The van der Waals surface area contributed by atoms with Gasteiger partial charge >= 0.3 is 0 Å². The quantitative estimate of drug-likeness (QED) is 0.753. The number of hydrogen-bond acceptors (Lipinski definition) is 5. The molecule has 0 spiro atoms. The molecule has 0 bridgehead atoms. The van der Waals surface area contributed by atoms with Gasteiger partial charge in [-0.2, -0.15) is 0 Å². The second-order valence-electron chi connectivity index (χ2n) is 7.76. The first-order chi connectivity index (χ1) is 13.7. The maximum Gasteiger partial charge on any atom is 0.255 e. The van der Waals surface area contributed by atoms with Crippen LogP contribution in [0.3, 0.4) is 0 Å². The predicted octanol–water partition coefficient (Wildman–Crippen LogP) is 1.89. The van der Waals surface area contributed by atoms with Crippen LogP contribution in [0, 0.1) is 11.3 Å². The second kappa shape index (κ2) is 6.68. The first-order valence-electron chi connectivity index (χ1n) is 9.57. The van der Waals surface area contributed by atoms with Crippen LogP contribution in [-0.4, -0.2) is 63.4 Å². The number of rotatable bonds is 3. The van der Waals surface area contributed by atoms with Crippen LogP contribution >= 0.6 is 0 Å². The minimum atomic E-state index is -0.333. The largest absolute Gasteiger partial charge is 0.396 e. The molecule has 0 radical (unpaired) electrons. The van der Waals surface area contributed by atoms with Crippen LogP contribution in [0.2, 0.25) is 0 Å². The molecule has 28 heavy (non-hydrogen) atoms. The molecule has 144 valence electrons. The third kappa shape index (κ3) is 2.70. The molecular weight excluding hydrogens is 356 g/mol. The maximum atomic E-state index is 13.1. The minimum Gasteiger partial charge on any atom is -0.396 e. The van der Waals surface area contributed by atoms with Crippen molar-refractivity contribution in [3.8, 4) is 5.69 Å². The number of imidazole rings is 1. The van der Waals surface area contributed by atoms with Crippen molar-refractivity contribution in [3.05, 3.63) is 54.5 Å². The number of nitrogens with zero attached hydrogens (tertiary/aromatic N) is 4. The van der Waals surface area contributed by atoms with Gasteiger partial charge < -0.3 is 14.7 Å². The third-order valence-electron chi connectivity index (χ3n) is 6.08. The summed E-state index contributed by atoms with van der Waals surface area (Å²) in [4.78, 5) is 23.9. The molecule has 2 aliphatic rings. The average molecular weight is 378 g/mol. The zero-order valence-corrected chi connectivity index (χ0v) is 15.5. The summed E-state index contributed by atoms with van der Waals surface area (Å²) in [6, 6.07) is 11.7. The van der Waals surface area contributed by atoms with Crippen molar-refractivity contribution in [1.82, 2.24) is 19.4 Å². The molecule has 0 aliphatic carbocycles. The Morgan fingerprint density at radius 3 is 2.93 bits per heavy atom. The summed E-state index contributed by atoms with van der Waals surface area (Å²) < 4.78 is 7.50. The van der Waals surface area contributed by atoms with E-state index in [0.29, 0.717) is 37.4 Å². The van der Waals surface area contributed by atoms with Gasteiger partial charge in [0.1, 0.15) is 11.8 Å². The molecule has 1 amide bonds. The number of likely N-dealkylation sites (tertiary alicyclic amines) is 1. The van der Waals surface area contributed by atoms with E-state index >= 15 is 0 Å². The number of carbonyl (C=O) groups excluding carboxylic acids is 1. The van der Waals surface area contributed by atoms with Gasteiger partial charge in [-0.3, -0.25) is 9.36 Å². The molecule has 0 saturated carbocycles. The van der Waals surface area contributed by atoms with E-state index in [4.69, 9.17) is 4.74 Å². The smallest absolute Gasteiger partial charge is 0.255 e. The lowest BCUT2D eigenvalue weighted by atomic mass is 9.76. The normalized spacial score (nSPS) is 24.5. The molecule has 1 aromatic carbocycles. The number of fused-ring (bicyclic) bond motifs is 2. The highest BCUT2D eigenvalue weighted by molar-refractivity contribution is 5.96. The first-order valence-corrected chi connectivity index (χ1v) is 9.57. The molecule has 2 fully saturated rings. The van der Waals surface area contributed by atoms with Crippen LogP contribution in [-0.2, 0) is 4.74 Å². The summed E-state index contributed by atoms with van der Waals surface area (Å²) in [7, 11) is 0. The van der Waals surface area contributed by atoms with Gasteiger partial charge in [0.15, 0.2) is 5.65 Å². The second-order valence-corrected chi connectivity index (χ2v) is 7.76. The number of aromatic nitrogens is 3. The van der Waals surface area contributed by atoms with E-state index < -0.39 is 0 Å². The van der Waals surface area contributed by atoms with Crippen molar-refractivity contribution in [1.29, 1.82) is 0 Å². The topological polar surface area (TPSA) is 80.5 Å². The number of benzene rings is 1. The van der Waals surface area contributed by atoms with E-state index in [1.165, 1.54) is 0 Å². The van der Waals surface area contributed by atoms with Gasteiger partial charge in [-0.15, -0.1) is 0 Å². The number of aliphatic hydroxyl groups excluding tert-OH is 1. The highest BCUT2D eigenvalue weighted by Crippen LogP contribution is 2.41. The van der Waals surface area contributed by atoms with Crippen LogP contribution in [0.5, 0.6) is 0 Å². The summed E-state index contributed by atoms with van der Waals surface area (Å²) in [5, 5.41) is 9.93. The molecular formula is C21H22N4O3. The number of amides is 1. The third-order valence-corrected chi connectivity index (χ3v) is 6.08. The Kier molecular flexibility index (Phi) is 4.14. The van der Waals surface area contributed by atoms with Crippen molar-refractivity contribution in [2.75, 3.05) is 32.9 Å². The lowest BCUT2D eigenvalue weighted by Crippen LogP contribution is -2.43. The van der Waals surface area contributed by atoms with Crippen LogP contribution in [0.25, 0.3) is 16.9 Å². The number of pyridine rings is 1. The van der Waals surface area contributed by atoms with Crippen LogP contribution in [0.15, 0.2) is 48.9 Å². The van der Waals surface area contributed by atoms with E-state index in [1.54, 1.807) is 18.6 Å². The van der Waals surface area contributed by atoms with Gasteiger partial charge in [-0.25, -0.2) is 9.97 Å². The Labute approximate surface area is 162 Å². The molecule has 3 aromatic rings. The lowest BCUT2D eigenvalue weighted by molar-refractivity contribution is -0.0556. The van der Waals surface area contributed by atoms with Gasteiger partial charge in [-0.05, 0) is 30.5 Å². The van der Waals surface area contributed by atoms with Crippen LogP contribution < -0.4 is 0 Å². The van der Waals surface area contributed by atoms with Gasteiger partial charge in [0, 0.05) is 37.0 Å². The Hall–Kier alpha value is -2.77. The van der Waals surface area contributed by atoms with Gasteiger partial charge in [0.05, 0.1) is 18.8 Å². The zero-order chi connectivity index (χ0) is 19.1. The summed E-state index contributed by atoms with van der Waals surface area (Å²) >= 11 is 0. The molecule has 1 N–H and O–H groups in total. The Balaban J connectivity index is 1.43. The molecule has 2 aliphatic heterocycles. The first kappa shape index (κ1) is 17.3. The number of carbonyl (C=O) groups is 1. The molecule has 0 unspecified atom stereocenters. The zero-order valence-electron chi connectivity index (χ0n) is 15.5. The van der Waals surface area contributed by atoms with Gasteiger partial charge in [0.2, 0.25) is 0 Å². The molecule has 2 saturated heterocycles. The fourth-order valence-electron chi connectivity index (χ4n) is 4.45. The Morgan fingerprint density at radius 2 is 2.14 bits per heavy atom. The molecule has 7 heteroatoms. The SMILES string of the molecule is O=C(c1cnc2c(c1)ncn2-c1ccccc1)N1C[C@@H]2CCOC[C@]2(CO)C1. The fourth-order valence-corrected chi connectivity index (χ4v) is 4.45.